The predicted octanol–water partition coefficient (Wildman–Crippen LogP) is 1.70. The molecular weight excluding hydrogens is 242 g/mol. The molecule has 0 bridgehead atoms. The van der Waals surface area contributed by atoms with Crippen LogP contribution in [0.1, 0.15) is 24.0 Å². The van der Waals surface area contributed by atoms with Gasteiger partial charge in [0.2, 0.25) is 0 Å². The van der Waals surface area contributed by atoms with Crippen LogP contribution in [0.5, 0.6) is 0 Å². The maximum absolute atomic E-state index is 12.0. The van der Waals surface area contributed by atoms with E-state index in [4.69, 9.17) is 9.47 Å². The van der Waals surface area contributed by atoms with Crippen LogP contribution < -0.4 is 5.32 Å². The zero-order valence-corrected chi connectivity index (χ0v) is 11.5. The largest absolute Gasteiger partial charge is 0.466 e. The number of hydrogen-bond donors (Lipinski definition) is 1. The molecule has 2 unspecified atom stereocenters. The molecule has 0 aromatic heterocycles. The van der Waals surface area contributed by atoms with Crippen molar-refractivity contribution < 1.29 is 14.3 Å². The molecule has 1 aliphatic heterocycles. The summed E-state index contributed by atoms with van der Waals surface area (Å²) in [5.41, 5.74) is 2.33. The molecule has 1 heterocycles. The second-order valence-electron chi connectivity index (χ2n) is 4.76. The standard InChI is InChI=1S/C15H21NO3/c1-3-19-15(17)14-9-16-8-13(14)12-7-5-4-6-11(12)10-18-2/h4-7,13-14,16H,3,8-10H2,1-2H3. The summed E-state index contributed by atoms with van der Waals surface area (Å²) in [4.78, 5) is 12.0. The molecule has 104 valence electrons. The predicted molar refractivity (Wildman–Crippen MR) is 72.9 cm³/mol. The fourth-order valence-electron chi connectivity index (χ4n) is 2.69. The topological polar surface area (TPSA) is 47.6 Å². The summed E-state index contributed by atoms with van der Waals surface area (Å²) in [5, 5.41) is 3.29. The summed E-state index contributed by atoms with van der Waals surface area (Å²) in [6, 6.07) is 8.15. The van der Waals surface area contributed by atoms with Crippen LogP contribution in [-0.4, -0.2) is 32.8 Å². The molecule has 1 fully saturated rings. The van der Waals surface area contributed by atoms with Crippen molar-refractivity contribution in [3.05, 3.63) is 35.4 Å². The highest BCUT2D eigenvalue weighted by atomic mass is 16.5. The molecule has 0 amide bonds. The summed E-state index contributed by atoms with van der Waals surface area (Å²) in [7, 11) is 1.69. The van der Waals surface area contributed by atoms with Crippen LogP contribution in [-0.2, 0) is 20.9 Å². The Hall–Kier alpha value is -1.39. The molecule has 2 rings (SSSR count). The Morgan fingerprint density at radius 1 is 1.37 bits per heavy atom. The molecule has 1 aliphatic rings. The Balaban J connectivity index is 2.22. The second-order valence-corrected chi connectivity index (χ2v) is 4.76. The summed E-state index contributed by atoms with van der Waals surface area (Å²) >= 11 is 0. The average Bonchev–Trinajstić information content (AvgIpc) is 2.89. The zero-order valence-electron chi connectivity index (χ0n) is 11.5. The van der Waals surface area contributed by atoms with Crippen molar-refractivity contribution in [3.63, 3.8) is 0 Å². The first-order chi connectivity index (χ1) is 9.27. The van der Waals surface area contributed by atoms with Gasteiger partial charge in [0, 0.05) is 26.1 Å². The van der Waals surface area contributed by atoms with Gasteiger partial charge in [-0.3, -0.25) is 4.79 Å². The minimum atomic E-state index is -0.107. The minimum Gasteiger partial charge on any atom is -0.466 e. The van der Waals surface area contributed by atoms with Crippen LogP contribution in [0.15, 0.2) is 24.3 Å². The van der Waals surface area contributed by atoms with E-state index in [0.29, 0.717) is 19.8 Å². The van der Waals surface area contributed by atoms with Gasteiger partial charge in [-0.05, 0) is 18.1 Å². The van der Waals surface area contributed by atoms with Gasteiger partial charge in [-0.25, -0.2) is 0 Å². The highest BCUT2D eigenvalue weighted by Crippen LogP contribution is 2.31. The number of carbonyl (C=O) groups is 1. The van der Waals surface area contributed by atoms with Crippen molar-refractivity contribution in [2.75, 3.05) is 26.8 Å². The molecule has 1 N–H and O–H groups in total. The average molecular weight is 263 g/mol. The van der Waals surface area contributed by atoms with E-state index in [-0.39, 0.29) is 17.8 Å². The highest BCUT2D eigenvalue weighted by Gasteiger charge is 2.35. The molecule has 1 aromatic rings. The monoisotopic (exact) mass is 263 g/mol. The Morgan fingerprint density at radius 3 is 2.89 bits per heavy atom. The van der Waals surface area contributed by atoms with E-state index in [1.54, 1.807) is 7.11 Å². The highest BCUT2D eigenvalue weighted by molar-refractivity contribution is 5.74. The number of nitrogens with one attached hydrogen (secondary N) is 1. The maximum atomic E-state index is 12.0. The number of hydrogen-bond acceptors (Lipinski definition) is 4. The zero-order chi connectivity index (χ0) is 13.7. The first kappa shape index (κ1) is 14.0. The molecule has 1 aromatic carbocycles. The SMILES string of the molecule is CCOC(=O)C1CNCC1c1ccccc1COC. The lowest BCUT2D eigenvalue weighted by Crippen LogP contribution is -2.24. The summed E-state index contributed by atoms with van der Waals surface area (Å²) in [6.07, 6.45) is 0. The van der Waals surface area contributed by atoms with E-state index in [0.717, 1.165) is 12.1 Å². The van der Waals surface area contributed by atoms with Crippen molar-refractivity contribution in [1.82, 2.24) is 5.32 Å². The van der Waals surface area contributed by atoms with Gasteiger partial charge in [0.05, 0.1) is 19.1 Å². The summed E-state index contributed by atoms with van der Waals surface area (Å²) in [6.45, 7) is 4.34. The third kappa shape index (κ3) is 3.14. The number of ether oxygens (including phenoxy) is 2. The number of methoxy groups -OCH3 is 1. The molecule has 4 heteroatoms. The molecule has 0 aliphatic carbocycles. The Labute approximate surface area is 114 Å². The van der Waals surface area contributed by atoms with Crippen molar-refractivity contribution in [3.8, 4) is 0 Å². The van der Waals surface area contributed by atoms with E-state index in [2.05, 4.69) is 17.4 Å². The van der Waals surface area contributed by atoms with Crippen molar-refractivity contribution in [2.45, 2.75) is 19.4 Å². The molecule has 4 nitrogen and oxygen atoms in total. The van der Waals surface area contributed by atoms with Crippen LogP contribution in [0.3, 0.4) is 0 Å². The Kier molecular flexibility index (Phi) is 4.93. The normalized spacial score (nSPS) is 22.4. The third-order valence-corrected chi connectivity index (χ3v) is 3.56. The summed E-state index contributed by atoms with van der Waals surface area (Å²) in [5.74, 6) is -0.0342. The molecule has 0 spiro atoms. The van der Waals surface area contributed by atoms with E-state index >= 15 is 0 Å². The van der Waals surface area contributed by atoms with Crippen LogP contribution in [0.2, 0.25) is 0 Å². The molecule has 0 radical (unpaired) electrons. The quantitative estimate of drug-likeness (QED) is 0.821. The van der Waals surface area contributed by atoms with Gasteiger partial charge in [0.1, 0.15) is 0 Å². The van der Waals surface area contributed by atoms with Gasteiger partial charge in [-0.1, -0.05) is 24.3 Å². The van der Waals surface area contributed by atoms with Crippen LogP contribution in [0.25, 0.3) is 0 Å². The maximum Gasteiger partial charge on any atom is 0.310 e. The lowest BCUT2D eigenvalue weighted by atomic mass is 9.86. The first-order valence-corrected chi connectivity index (χ1v) is 6.72. The molecule has 1 saturated heterocycles. The van der Waals surface area contributed by atoms with Crippen molar-refractivity contribution in [2.24, 2.45) is 5.92 Å². The lowest BCUT2D eigenvalue weighted by Gasteiger charge is -2.20. The van der Waals surface area contributed by atoms with E-state index in [1.165, 1.54) is 5.56 Å². The summed E-state index contributed by atoms with van der Waals surface area (Å²) < 4.78 is 10.4. The molecule has 0 saturated carbocycles. The fraction of sp³-hybridized carbons (Fsp3) is 0.533. The van der Waals surface area contributed by atoms with E-state index < -0.39 is 0 Å². The van der Waals surface area contributed by atoms with Crippen LogP contribution in [0.4, 0.5) is 0 Å². The van der Waals surface area contributed by atoms with Gasteiger partial charge in [-0.2, -0.15) is 0 Å². The minimum absolute atomic E-state index is 0.0991. The van der Waals surface area contributed by atoms with Gasteiger partial charge < -0.3 is 14.8 Å². The Morgan fingerprint density at radius 2 is 2.16 bits per heavy atom. The Bertz CT molecular complexity index is 433. The molecular formula is C15H21NO3. The number of benzene rings is 1. The van der Waals surface area contributed by atoms with Crippen LogP contribution in [0, 0.1) is 5.92 Å². The number of carbonyl (C=O) groups excluding carboxylic acids is 1. The number of rotatable bonds is 5. The third-order valence-electron chi connectivity index (χ3n) is 3.56. The van der Waals surface area contributed by atoms with Gasteiger partial charge in [0.25, 0.3) is 0 Å². The molecule has 19 heavy (non-hydrogen) atoms. The second kappa shape index (κ2) is 6.68. The first-order valence-electron chi connectivity index (χ1n) is 6.72. The van der Waals surface area contributed by atoms with E-state index in [1.807, 2.05) is 19.1 Å². The molecule has 2 atom stereocenters. The van der Waals surface area contributed by atoms with Gasteiger partial charge in [-0.15, -0.1) is 0 Å². The number of esters is 1. The fourth-order valence-corrected chi connectivity index (χ4v) is 2.69. The van der Waals surface area contributed by atoms with Gasteiger partial charge >= 0.3 is 5.97 Å². The van der Waals surface area contributed by atoms with Crippen LogP contribution >= 0.6 is 0 Å². The van der Waals surface area contributed by atoms with Gasteiger partial charge in [0.15, 0.2) is 0 Å². The smallest absolute Gasteiger partial charge is 0.310 e. The van der Waals surface area contributed by atoms with Crippen molar-refractivity contribution in [1.29, 1.82) is 0 Å². The van der Waals surface area contributed by atoms with E-state index in [9.17, 15) is 4.79 Å². The van der Waals surface area contributed by atoms with Crippen molar-refractivity contribution >= 4 is 5.97 Å². The lowest BCUT2D eigenvalue weighted by molar-refractivity contribution is -0.147.